The summed E-state index contributed by atoms with van der Waals surface area (Å²) in [5.74, 6) is 0.169. The maximum absolute atomic E-state index is 12.0. The van der Waals surface area contributed by atoms with Crippen molar-refractivity contribution in [3.63, 3.8) is 0 Å². The van der Waals surface area contributed by atoms with E-state index < -0.39 is 10.9 Å². The van der Waals surface area contributed by atoms with Crippen LogP contribution in [0.4, 0.5) is 0 Å². The van der Waals surface area contributed by atoms with Crippen LogP contribution in [0.25, 0.3) is 11.0 Å². The second kappa shape index (κ2) is 7.53. The molecule has 0 atom stereocenters. The molecule has 0 unspecified atom stereocenters. The van der Waals surface area contributed by atoms with E-state index in [0.717, 1.165) is 15.4 Å². The fourth-order valence-electron chi connectivity index (χ4n) is 2.39. The van der Waals surface area contributed by atoms with E-state index in [9.17, 15) is 9.59 Å². The minimum Gasteiger partial charge on any atom is -0.486 e. The summed E-state index contributed by atoms with van der Waals surface area (Å²) in [6.07, 6.45) is 1.60. The minimum atomic E-state index is -0.544. The van der Waals surface area contributed by atoms with Crippen LogP contribution in [0.5, 0.6) is 5.75 Å². The van der Waals surface area contributed by atoms with Crippen LogP contribution < -0.4 is 15.6 Å². The Morgan fingerprint density at radius 2 is 1.52 bits per heavy atom. The third-order valence-electron chi connectivity index (χ3n) is 3.56. The maximum atomic E-state index is 12.0. The molecule has 3 rings (SSSR count). The Kier molecular flexibility index (Phi) is 5.19. The molecule has 0 aliphatic rings. The number of ether oxygens (including phenoxy) is 1. The quantitative estimate of drug-likeness (QED) is 0.489. The van der Waals surface area contributed by atoms with Crippen LogP contribution in [0.1, 0.15) is 25.0 Å². The number of thioether (sulfide) groups is 1. The van der Waals surface area contributed by atoms with Crippen molar-refractivity contribution in [1.29, 1.82) is 0 Å². The average molecular weight is 350 g/mol. The molecule has 0 heterocycles. The molecular formula is C21H18O3S. The van der Waals surface area contributed by atoms with E-state index in [2.05, 4.69) is 0 Å². The standard InChI is InChI=1S/C21H18O3S/c1-14(2)24-21-17(19(22)20(21)23)13-18(15-9-5-3-6-10-15)25-16-11-7-4-8-12-16/h3-14H,1-2H3/b18-13+. The highest BCUT2D eigenvalue weighted by atomic mass is 32.2. The predicted molar refractivity (Wildman–Crippen MR) is 104 cm³/mol. The number of benzene rings is 2. The Bertz CT molecular complexity index is 950. The van der Waals surface area contributed by atoms with Crippen molar-refractivity contribution < 1.29 is 4.74 Å². The molecule has 0 aromatic heterocycles. The first-order chi connectivity index (χ1) is 12.1. The summed E-state index contributed by atoms with van der Waals surface area (Å²) in [6, 6.07) is 19.7. The molecule has 3 aromatic rings. The summed E-state index contributed by atoms with van der Waals surface area (Å²) >= 11 is 1.55. The van der Waals surface area contributed by atoms with Crippen molar-refractivity contribution >= 4 is 22.7 Å². The highest BCUT2D eigenvalue weighted by molar-refractivity contribution is 8.08. The third-order valence-corrected chi connectivity index (χ3v) is 4.64. The zero-order chi connectivity index (χ0) is 17.8. The Labute approximate surface area is 150 Å². The number of hydrogen-bond donors (Lipinski definition) is 0. The third kappa shape index (κ3) is 3.91. The summed E-state index contributed by atoms with van der Waals surface area (Å²) in [7, 11) is 0. The first-order valence-electron chi connectivity index (χ1n) is 8.06. The van der Waals surface area contributed by atoms with Crippen LogP contribution in [0, 0.1) is 0 Å². The van der Waals surface area contributed by atoms with Crippen LogP contribution in [0.15, 0.2) is 75.1 Å². The monoisotopic (exact) mass is 350 g/mol. The van der Waals surface area contributed by atoms with E-state index in [4.69, 9.17) is 4.74 Å². The van der Waals surface area contributed by atoms with Gasteiger partial charge >= 0.3 is 0 Å². The van der Waals surface area contributed by atoms with Crippen molar-refractivity contribution in [2.24, 2.45) is 0 Å². The molecule has 0 bridgehead atoms. The van der Waals surface area contributed by atoms with Crippen molar-refractivity contribution in [3.8, 4) is 5.75 Å². The van der Waals surface area contributed by atoms with Crippen LogP contribution in [-0.2, 0) is 0 Å². The van der Waals surface area contributed by atoms with E-state index in [1.54, 1.807) is 17.8 Å². The van der Waals surface area contributed by atoms with Gasteiger partial charge in [0, 0.05) is 9.80 Å². The van der Waals surface area contributed by atoms with Crippen molar-refractivity contribution in [1.82, 2.24) is 0 Å². The van der Waals surface area contributed by atoms with Gasteiger partial charge in [0.15, 0.2) is 5.75 Å². The summed E-state index contributed by atoms with van der Waals surface area (Å²) in [6.45, 7) is 3.67. The van der Waals surface area contributed by atoms with Gasteiger partial charge in [0.1, 0.15) is 0 Å². The van der Waals surface area contributed by atoms with Gasteiger partial charge in [0.05, 0.1) is 11.7 Å². The van der Waals surface area contributed by atoms with Crippen LogP contribution in [-0.4, -0.2) is 6.10 Å². The average Bonchev–Trinajstić information content (AvgIpc) is 2.64. The Morgan fingerprint density at radius 3 is 2.12 bits per heavy atom. The molecule has 0 saturated carbocycles. The molecule has 0 radical (unpaired) electrons. The molecule has 0 fully saturated rings. The molecule has 0 saturated heterocycles. The van der Waals surface area contributed by atoms with Crippen LogP contribution in [0.2, 0.25) is 0 Å². The van der Waals surface area contributed by atoms with Crippen LogP contribution >= 0.6 is 11.8 Å². The largest absolute Gasteiger partial charge is 0.486 e. The molecular weight excluding hydrogens is 332 g/mol. The van der Waals surface area contributed by atoms with Gasteiger partial charge in [0.25, 0.3) is 5.43 Å². The first kappa shape index (κ1) is 17.2. The summed E-state index contributed by atoms with van der Waals surface area (Å²) in [4.78, 5) is 25.8. The molecule has 126 valence electrons. The van der Waals surface area contributed by atoms with Crippen molar-refractivity contribution in [2.75, 3.05) is 0 Å². The molecule has 0 N–H and O–H groups in total. The summed E-state index contributed by atoms with van der Waals surface area (Å²) < 4.78 is 5.52. The summed E-state index contributed by atoms with van der Waals surface area (Å²) in [5, 5.41) is 0. The molecule has 0 aliphatic carbocycles. The lowest BCUT2D eigenvalue weighted by Gasteiger charge is -2.14. The predicted octanol–water partition coefficient (Wildman–Crippen LogP) is 4.36. The zero-order valence-corrected chi connectivity index (χ0v) is 14.9. The van der Waals surface area contributed by atoms with Gasteiger partial charge in [-0.2, -0.15) is 0 Å². The van der Waals surface area contributed by atoms with Gasteiger partial charge in [-0.1, -0.05) is 60.3 Å². The van der Waals surface area contributed by atoms with E-state index in [-0.39, 0.29) is 11.9 Å². The second-order valence-electron chi connectivity index (χ2n) is 5.86. The molecule has 0 spiro atoms. The maximum Gasteiger partial charge on any atom is 0.268 e. The highest BCUT2D eigenvalue weighted by Gasteiger charge is 2.22. The van der Waals surface area contributed by atoms with Gasteiger partial charge in [0.2, 0.25) is 5.43 Å². The SMILES string of the molecule is CC(C)Oc1c(/C=C(/Sc2ccccc2)c2ccccc2)c(=O)c1=O. The minimum absolute atomic E-state index is 0.155. The fourth-order valence-corrected chi connectivity index (χ4v) is 3.37. The van der Waals surface area contributed by atoms with E-state index >= 15 is 0 Å². The van der Waals surface area contributed by atoms with Crippen molar-refractivity contribution in [2.45, 2.75) is 24.8 Å². The second-order valence-corrected chi connectivity index (χ2v) is 6.97. The lowest BCUT2D eigenvalue weighted by molar-refractivity contribution is 0.236. The van der Waals surface area contributed by atoms with E-state index in [1.165, 1.54) is 0 Å². The smallest absolute Gasteiger partial charge is 0.268 e. The van der Waals surface area contributed by atoms with E-state index in [0.29, 0.717) is 5.56 Å². The topological polar surface area (TPSA) is 43.4 Å². The zero-order valence-electron chi connectivity index (χ0n) is 14.1. The Hall–Kier alpha value is -2.59. The van der Waals surface area contributed by atoms with Gasteiger partial charge in [-0.25, -0.2) is 0 Å². The Morgan fingerprint density at radius 1 is 0.920 bits per heavy atom. The summed E-state index contributed by atoms with van der Waals surface area (Å²) in [5.41, 5.74) is 0.302. The van der Waals surface area contributed by atoms with Gasteiger partial charge in [-0.15, -0.1) is 0 Å². The van der Waals surface area contributed by atoms with Gasteiger partial charge in [-0.05, 0) is 37.6 Å². The molecule has 25 heavy (non-hydrogen) atoms. The lowest BCUT2D eigenvalue weighted by atomic mass is 10.1. The fraction of sp³-hybridized carbons (Fsp3) is 0.143. The van der Waals surface area contributed by atoms with E-state index in [1.807, 2.05) is 74.5 Å². The lowest BCUT2D eigenvalue weighted by Crippen LogP contribution is -2.36. The molecule has 0 amide bonds. The van der Waals surface area contributed by atoms with Crippen molar-refractivity contribution in [3.05, 3.63) is 92.2 Å². The normalized spacial score (nSPS) is 11.9. The molecule has 3 aromatic carbocycles. The molecule has 3 nitrogen and oxygen atoms in total. The number of hydrogen-bond acceptors (Lipinski definition) is 4. The molecule has 4 heteroatoms. The highest BCUT2D eigenvalue weighted by Crippen LogP contribution is 2.36. The number of rotatable bonds is 6. The van der Waals surface area contributed by atoms with Gasteiger partial charge in [-0.3, -0.25) is 9.59 Å². The molecule has 0 aliphatic heterocycles. The van der Waals surface area contributed by atoms with Crippen LogP contribution in [0.3, 0.4) is 0 Å². The first-order valence-corrected chi connectivity index (χ1v) is 8.88. The van der Waals surface area contributed by atoms with Gasteiger partial charge < -0.3 is 4.74 Å². The Balaban J connectivity index is 2.04.